The maximum atomic E-state index is 11.2. The number of hydrogen-bond donors (Lipinski definition) is 2. The molecule has 1 aromatic carbocycles. The van der Waals surface area contributed by atoms with E-state index >= 15 is 0 Å². The van der Waals surface area contributed by atoms with Crippen molar-refractivity contribution >= 4 is 23.2 Å². The summed E-state index contributed by atoms with van der Waals surface area (Å²) in [5.41, 5.74) is 8.41. The number of aromatic nitrogens is 2. The molecular formula is C17H22N6O. The molecule has 0 bridgehead atoms. The van der Waals surface area contributed by atoms with Crippen molar-refractivity contribution in [3.8, 4) is 11.3 Å². The number of nitrogens with zero attached hydrogens (tertiary/aromatic N) is 4. The van der Waals surface area contributed by atoms with Crippen molar-refractivity contribution in [1.82, 2.24) is 14.9 Å². The average molecular weight is 326 g/mol. The van der Waals surface area contributed by atoms with E-state index in [1.54, 1.807) is 6.20 Å². The summed E-state index contributed by atoms with van der Waals surface area (Å²) in [6, 6.07) is 7.56. The van der Waals surface area contributed by atoms with E-state index in [2.05, 4.69) is 27.1 Å². The second-order valence-corrected chi connectivity index (χ2v) is 6.02. The molecule has 3 N–H and O–H groups in total. The Labute approximate surface area is 141 Å². The lowest BCUT2D eigenvalue weighted by molar-refractivity contribution is -0.114. The Bertz CT molecular complexity index is 740. The maximum Gasteiger partial charge on any atom is 0.221 e. The predicted molar refractivity (Wildman–Crippen MR) is 95.9 cm³/mol. The van der Waals surface area contributed by atoms with E-state index in [0.717, 1.165) is 48.9 Å². The Morgan fingerprint density at radius 2 is 2.00 bits per heavy atom. The number of nitrogen functional groups attached to an aromatic ring is 1. The van der Waals surface area contributed by atoms with Crippen LogP contribution in [-0.4, -0.2) is 54.0 Å². The molecule has 7 nitrogen and oxygen atoms in total. The van der Waals surface area contributed by atoms with Crippen LogP contribution in [0, 0.1) is 0 Å². The van der Waals surface area contributed by atoms with Crippen LogP contribution in [0.4, 0.5) is 17.3 Å². The lowest BCUT2D eigenvalue weighted by atomic mass is 10.1. The summed E-state index contributed by atoms with van der Waals surface area (Å²) in [6.45, 7) is 5.20. The molecule has 126 valence electrons. The summed E-state index contributed by atoms with van der Waals surface area (Å²) in [5, 5.41) is 2.78. The second kappa shape index (κ2) is 6.84. The number of rotatable bonds is 3. The van der Waals surface area contributed by atoms with E-state index in [-0.39, 0.29) is 5.91 Å². The van der Waals surface area contributed by atoms with Gasteiger partial charge in [-0.3, -0.25) is 4.79 Å². The number of likely N-dealkylation sites (N-methyl/N-ethyl adjacent to an activating group) is 1. The Morgan fingerprint density at radius 3 is 2.71 bits per heavy atom. The third-order valence-electron chi connectivity index (χ3n) is 4.06. The standard InChI is InChI=1S/C17H22N6O/c1-12(24)20-14-5-3-4-13(10-14)15-11-19-16(18)17(21-15)23-8-6-22(2)7-9-23/h3-5,10-11H,6-9H2,1-2H3,(H2,18,19)(H,20,24). The van der Waals surface area contributed by atoms with Gasteiger partial charge in [0.05, 0.1) is 11.9 Å². The summed E-state index contributed by atoms with van der Waals surface area (Å²) < 4.78 is 0. The molecule has 0 aliphatic carbocycles. The zero-order valence-corrected chi connectivity index (χ0v) is 14.0. The zero-order valence-electron chi connectivity index (χ0n) is 14.0. The van der Waals surface area contributed by atoms with Gasteiger partial charge in [0.25, 0.3) is 0 Å². The number of amides is 1. The first-order valence-corrected chi connectivity index (χ1v) is 7.97. The van der Waals surface area contributed by atoms with Gasteiger partial charge in [-0.05, 0) is 19.2 Å². The molecule has 1 fully saturated rings. The van der Waals surface area contributed by atoms with E-state index in [1.165, 1.54) is 6.92 Å². The first-order valence-electron chi connectivity index (χ1n) is 7.97. The van der Waals surface area contributed by atoms with Gasteiger partial charge >= 0.3 is 0 Å². The summed E-state index contributed by atoms with van der Waals surface area (Å²) in [7, 11) is 2.11. The van der Waals surface area contributed by atoms with Crippen molar-refractivity contribution in [2.75, 3.05) is 49.2 Å². The number of benzene rings is 1. The Hall–Kier alpha value is -2.67. The summed E-state index contributed by atoms with van der Waals surface area (Å²) in [5.74, 6) is 1.07. The van der Waals surface area contributed by atoms with E-state index in [0.29, 0.717) is 5.82 Å². The van der Waals surface area contributed by atoms with Crippen LogP contribution in [-0.2, 0) is 4.79 Å². The normalized spacial score (nSPS) is 15.3. The van der Waals surface area contributed by atoms with Crippen molar-refractivity contribution in [2.24, 2.45) is 0 Å². The van der Waals surface area contributed by atoms with Gasteiger partial charge in [-0.2, -0.15) is 0 Å². The third kappa shape index (κ3) is 3.62. The largest absolute Gasteiger partial charge is 0.381 e. The SMILES string of the molecule is CC(=O)Nc1cccc(-c2cnc(N)c(N3CCN(C)CC3)n2)c1. The first-order chi connectivity index (χ1) is 11.5. The van der Waals surface area contributed by atoms with Crippen LogP contribution in [0.15, 0.2) is 30.5 Å². The summed E-state index contributed by atoms with van der Waals surface area (Å²) in [4.78, 5) is 24.7. The number of hydrogen-bond acceptors (Lipinski definition) is 6. The van der Waals surface area contributed by atoms with Crippen LogP contribution in [0.2, 0.25) is 0 Å². The zero-order chi connectivity index (χ0) is 17.1. The van der Waals surface area contributed by atoms with Crippen molar-refractivity contribution < 1.29 is 4.79 Å². The van der Waals surface area contributed by atoms with E-state index < -0.39 is 0 Å². The van der Waals surface area contributed by atoms with Crippen molar-refractivity contribution in [1.29, 1.82) is 0 Å². The van der Waals surface area contributed by atoms with Crippen molar-refractivity contribution in [2.45, 2.75) is 6.92 Å². The average Bonchev–Trinajstić information content (AvgIpc) is 2.56. The molecule has 0 atom stereocenters. The van der Waals surface area contributed by atoms with Gasteiger partial charge in [-0.15, -0.1) is 0 Å². The molecular weight excluding hydrogens is 304 g/mol. The topological polar surface area (TPSA) is 87.4 Å². The highest BCUT2D eigenvalue weighted by molar-refractivity contribution is 5.89. The molecule has 1 aromatic heterocycles. The minimum Gasteiger partial charge on any atom is -0.381 e. The molecule has 24 heavy (non-hydrogen) atoms. The summed E-state index contributed by atoms with van der Waals surface area (Å²) in [6.07, 6.45) is 1.67. The molecule has 7 heteroatoms. The maximum absolute atomic E-state index is 11.2. The van der Waals surface area contributed by atoms with Crippen molar-refractivity contribution in [3.05, 3.63) is 30.5 Å². The van der Waals surface area contributed by atoms with Crippen LogP contribution < -0.4 is 16.0 Å². The fourth-order valence-electron chi connectivity index (χ4n) is 2.74. The molecule has 0 saturated carbocycles. The number of nitrogens with two attached hydrogens (primary N) is 1. The minimum atomic E-state index is -0.103. The van der Waals surface area contributed by atoms with Gasteiger partial charge in [0.2, 0.25) is 5.91 Å². The van der Waals surface area contributed by atoms with E-state index in [9.17, 15) is 4.79 Å². The molecule has 1 aliphatic heterocycles. The van der Waals surface area contributed by atoms with E-state index in [1.807, 2.05) is 24.3 Å². The third-order valence-corrected chi connectivity index (χ3v) is 4.06. The number of carbonyl (C=O) groups is 1. The fraction of sp³-hybridized carbons (Fsp3) is 0.353. The molecule has 0 spiro atoms. The van der Waals surface area contributed by atoms with Gasteiger partial charge < -0.3 is 20.9 Å². The molecule has 1 saturated heterocycles. The van der Waals surface area contributed by atoms with Crippen LogP contribution in [0.5, 0.6) is 0 Å². The smallest absolute Gasteiger partial charge is 0.221 e. The molecule has 0 radical (unpaired) electrons. The lowest BCUT2D eigenvalue weighted by Gasteiger charge is -2.33. The van der Waals surface area contributed by atoms with Gasteiger partial charge in [0.1, 0.15) is 0 Å². The van der Waals surface area contributed by atoms with Gasteiger partial charge in [-0.1, -0.05) is 12.1 Å². The Morgan fingerprint density at radius 1 is 1.25 bits per heavy atom. The van der Waals surface area contributed by atoms with Crippen LogP contribution in [0.25, 0.3) is 11.3 Å². The number of nitrogens with one attached hydrogen (secondary N) is 1. The Kier molecular flexibility index (Phi) is 4.61. The summed E-state index contributed by atoms with van der Waals surface area (Å²) >= 11 is 0. The van der Waals surface area contributed by atoms with Crippen molar-refractivity contribution in [3.63, 3.8) is 0 Å². The lowest BCUT2D eigenvalue weighted by Crippen LogP contribution is -2.45. The first kappa shape index (κ1) is 16.2. The number of carbonyl (C=O) groups excluding carboxylic acids is 1. The Balaban J connectivity index is 1.89. The second-order valence-electron chi connectivity index (χ2n) is 6.02. The molecule has 2 heterocycles. The van der Waals surface area contributed by atoms with Gasteiger partial charge in [0.15, 0.2) is 11.6 Å². The molecule has 1 amide bonds. The quantitative estimate of drug-likeness (QED) is 0.887. The van der Waals surface area contributed by atoms with E-state index in [4.69, 9.17) is 10.7 Å². The molecule has 2 aromatic rings. The van der Waals surface area contributed by atoms with Crippen LogP contribution in [0.3, 0.4) is 0 Å². The van der Waals surface area contributed by atoms with Crippen LogP contribution >= 0.6 is 0 Å². The monoisotopic (exact) mass is 326 g/mol. The van der Waals surface area contributed by atoms with Gasteiger partial charge in [-0.25, -0.2) is 9.97 Å². The van der Waals surface area contributed by atoms with Crippen LogP contribution in [0.1, 0.15) is 6.92 Å². The fourth-order valence-corrected chi connectivity index (χ4v) is 2.74. The number of anilines is 3. The highest BCUT2D eigenvalue weighted by atomic mass is 16.1. The molecule has 0 unspecified atom stereocenters. The van der Waals surface area contributed by atoms with Gasteiger partial charge in [0, 0.05) is 44.4 Å². The molecule has 1 aliphatic rings. The molecule has 3 rings (SSSR count). The predicted octanol–water partition coefficient (Wildman–Crippen LogP) is 1.44. The minimum absolute atomic E-state index is 0.103. The highest BCUT2D eigenvalue weighted by Gasteiger charge is 2.19. The number of piperazine rings is 1. The highest BCUT2D eigenvalue weighted by Crippen LogP contribution is 2.26.